The third kappa shape index (κ3) is 4.32. The van der Waals surface area contributed by atoms with Crippen molar-refractivity contribution in [3.8, 4) is 0 Å². The van der Waals surface area contributed by atoms with Gasteiger partial charge in [-0.25, -0.2) is 4.79 Å². The zero-order chi connectivity index (χ0) is 17.6. The smallest absolute Gasteiger partial charge is 0.350 e. The van der Waals surface area contributed by atoms with Gasteiger partial charge in [-0.2, -0.15) is 4.99 Å². The zero-order valence-electron chi connectivity index (χ0n) is 14.2. The maximum atomic E-state index is 12.4. The third-order valence-corrected chi connectivity index (χ3v) is 4.70. The molecule has 6 nitrogen and oxygen atoms in total. The second kappa shape index (κ2) is 8.05. The molecule has 0 saturated carbocycles. The summed E-state index contributed by atoms with van der Waals surface area (Å²) in [7, 11) is 0. The first-order valence-electron chi connectivity index (χ1n) is 8.88. The molecule has 1 heterocycles. The molecule has 132 valence electrons. The van der Waals surface area contributed by atoms with Crippen LogP contribution in [-0.2, 0) is 9.59 Å². The van der Waals surface area contributed by atoms with E-state index < -0.39 is 11.9 Å². The van der Waals surface area contributed by atoms with Crippen molar-refractivity contribution < 1.29 is 14.4 Å². The van der Waals surface area contributed by atoms with Crippen LogP contribution in [0.15, 0.2) is 40.9 Å². The van der Waals surface area contributed by atoms with Gasteiger partial charge in [-0.05, 0) is 38.2 Å². The number of carbonyl (C=O) groups excluding carboxylic acids is 3. The molecular formula is C19H23N3O3. The molecule has 3 aliphatic rings. The van der Waals surface area contributed by atoms with Gasteiger partial charge < -0.3 is 5.32 Å². The van der Waals surface area contributed by atoms with Gasteiger partial charge in [-0.1, -0.05) is 29.9 Å². The van der Waals surface area contributed by atoms with E-state index in [0.29, 0.717) is 12.3 Å². The van der Waals surface area contributed by atoms with E-state index >= 15 is 0 Å². The molecule has 3 rings (SSSR count). The van der Waals surface area contributed by atoms with Crippen molar-refractivity contribution in [2.75, 3.05) is 13.1 Å². The maximum Gasteiger partial charge on any atom is 0.350 e. The van der Waals surface area contributed by atoms with Crippen LogP contribution in [0.2, 0.25) is 0 Å². The highest BCUT2D eigenvalue weighted by atomic mass is 16.2. The molecule has 25 heavy (non-hydrogen) atoms. The van der Waals surface area contributed by atoms with Gasteiger partial charge in [0.15, 0.2) is 0 Å². The molecule has 1 atom stereocenters. The third-order valence-electron chi connectivity index (χ3n) is 4.70. The van der Waals surface area contributed by atoms with E-state index in [1.54, 1.807) is 24.3 Å². The van der Waals surface area contributed by atoms with Crippen LogP contribution >= 0.6 is 0 Å². The minimum absolute atomic E-state index is 0.0665. The highest BCUT2D eigenvalue weighted by Gasteiger charge is 2.35. The van der Waals surface area contributed by atoms with E-state index in [2.05, 4.69) is 16.4 Å². The number of hydrogen-bond acceptors (Lipinski definition) is 3. The number of imide groups is 1. The summed E-state index contributed by atoms with van der Waals surface area (Å²) in [6.07, 6.45) is 14.9. The van der Waals surface area contributed by atoms with Crippen molar-refractivity contribution in [3.05, 3.63) is 36.0 Å². The molecule has 1 N–H and O–H groups in total. The van der Waals surface area contributed by atoms with E-state index in [1.165, 1.54) is 18.4 Å². The predicted molar refractivity (Wildman–Crippen MR) is 95.1 cm³/mol. The molecule has 0 aromatic heterocycles. The van der Waals surface area contributed by atoms with Crippen LogP contribution in [0.3, 0.4) is 0 Å². The monoisotopic (exact) mass is 341 g/mol. The molecule has 0 aromatic carbocycles. The Morgan fingerprint density at radius 1 is 1.28 bits per heavy atom. The van der Waals surface area contributed by atoms with Crippen LogP contribution in [0.5, 0.6) is 0 Å². The molecule has 1 unspecified atom stereocenters. The average Bonchev–Trinajstić information content (AvgIpc) is 2.62. The summed E-state index contributed by atoms with van der Waals surface area (Å²) in [5.41, 5.74) is 1.88. The summed E-state index contributed by atoms with van der Waals surface area (Å²) in [6.45, 7) is 0.669. The van der Waals surface area contributed by atoms with Crippen LogP contribution in [0.25, 0.3) is 0 Å². The first kappa shape index (κ1) is 17.3. The molecule has 0 radical (unpaired) electrons. The molecule has 0 saturated heterocycles. The van der Waals surface area contributed by atoms with Crippen LogP contribution in [0, 0.1) is 5.92 Å². The summed E-state index contributed by atoms with van der Waals surface area (Å²) in [5, 5.41) is 2.87. The van der Waals surface area contributed by atoms with Gasteiger partial charge in [0.05, 0.1) is 11.6 Å². The summed E-state index contributed by atoms with van der Waals surface area (Å²) < 4.78 is 0. The molecule has 1 aliphatic heterocycles. The first-order valence-corrected chi connectivity index (χ1v) is 8.88. The fourth-order valence-corrected chi connectivity index (χ4v) is 3.28. The van der Waals surface area contributed by atoms with Crippen molar-refractivity contribution in [2.24, 2.45) is 10.9 Å². The normalized spacial score (nSPS) is 22.4. The van der Waals surface area contributed by atoms with Crippen LogP contribution in [-0.4, -0.2) is 41.5 Å². The van der Waals surface area contributed by atoms with Crippen LogP contribution < -0.4 is 5.32 Å². The van der Waals surface area contributed by atoms with E-state index in [9.17, 15) is 14.4 Å². The maximum absolute atomic E-state index is 12.4. The Labute approximate surface area is 147 Å². The second-order valence-corrected chi connectivity index (χ2v) is 6.49. The number of urea groups is 1. The lowest BCUT2D eigenvalue weighted by molar-refractivity contribution is -0.130. The Morgan fingerprint density at radius 3 is 2.96 bits per heavy atom. The molecular weight excluding hydrogens is 318 g/mol. The minimum atomic E-state index is -0.587. The summed E-state index contributed by atoms with van der Waals surface area (Å²) in [4.78, 5) is 41.4. The second-order valence-electron chi connectivity index (χ2n) is 6.49. The number of carbonyl (C=O) groups is 3. The number of allylic oxidation sites excluding steroid dienone is 4. The van der Waals surface area contributed by atoms with E-state index in [4.69, 9.17) is 0 Å². The summed E-state index contributed by atoms with van der Waals surface area (Å²) in [5.74, 6) is -0.967. The van der Waals surface area contributed by atoms with Gasteiger partial charge in [0, 0.05) is 19.5 Å². The lowest BCUT2D eigenvalue weighted by Crippen LogP contribution is -2.47. The Balaban J connectivity index is 1.45. The predicted octanol–water partition coefficient (Wildman–Crippen LogP) is 2.53. The minimum Gasteiger partial charge on any atom is -0.356 e. The fourth-order valence-electron chi connectivity index (χ4n) is 3.28. The van der Waals surface area contributed by atoms with Gasteiger partial charge >= 0.3 is 6.03 Å². The van der Waals surface area contributed by atoms with Crippen molar-refractivity contribution >= 4 is 23.6 Å². The number of fused-ring (bicyclic) bond motifs is 1. The molecule has 4 amide bonds. The fraction of sp³-hybridized carbons (Fsp3) is 0.474. The van der Waals surface area contributed by atoms with Gasteiger partial charge in [0.2, 0.25) is 11.8 Å². The lowest BCUT2D eigenvalue weighted by atomic mass is 9.95. The highest BCUT2D eigenvalue weighted by Crippen LogP contribution is 2.20. The van der Waals surface area contributed by atoms with E-state index in [1.807, 2.05) is 0 Å². The van der Waals surface area contributed by atoms with Gasteiger partial charge in [-0.15, -0.1) is 0 Å². The van der Waals surface area contributed by atoms with Crippen molar-refractivity contribution in [1.29, 1.82) is 0 Å². The van der Waals surface area contributed by atoms with Crippen LogP contribution in [0.1, 0.15) is 38.5 Å². The quantitative estimate of drug-likeness (QED) is 0.754. The Morgan fingerprint density at radius 2 is 2.16 bits per heavy atom. The zero-order valence-corrected chi connectivity index (χ0v) is 14.2. The average molecular weight is 341 g/mol. The Kier molecular flexibility index (Phi) is 5.58. The van der Waals surface area contributed by atoms with Gasteiger partial charge in [0.25, 0.3) is 0 Å². The molecule has 0 aromatic rings. The SMILES string of the molecule is O=C(CCN1C(=O)N=C2C=CC=CC2C1=O)NCCC1=CCCCC1. The Bertz CT molecular complexity index is 688. The number of hydrogen-bond donors (Lipinski definition) is 1. The lowest BCUT2D eigenvalue weighted by Gasteiger charge is -2.28. The summed E-state index contributed by atoms with van der Waals surface area (Å²) in [6, 6.07) is -0.587. The van der Waals surface area contributed by atoms with Gasteiger partial charge in [-0.3, -0.25) is 14.5 Å². The summed E-state index contributed by atoms with van der Waals surface area (Å²) >= 11 is 0. The number of nitrogens with zero attached hydrogens (tertiary/aromatic N) is 2. The molecule has 2 aliphatic carbocycles. The largest absolute Gasteiger partial charge is 0.356 e. The molecule has 0 fully saturated rings. The molecule has 0 spiro atoms. The molecule has 0 bridgehead atoms. The number of rotatable bonds is 6. The van der Waals surface area contributed by atoms with Crippen molar-refractivity contribution in [1.82, 2.24) is 10.2 Å². The Hall–Kier alpha value is -2.50. The number of aliphatic imine (C=N–C) groups is 1. The number of nitrogens with one attached hydrogen (secondary N) is 1. The van der Waals surface area contributed by atoms with Crippen molar-refractivity contribution in [3.63, 3.8) is 0 Å². The standard InChI is InChI=1S/C19H23N3O3/c23-17(20-12-10-14-6-2-1-3-7-14)11-13-22-18(24)15-8-4-5-9-16(15)21-19(22)25/h4-6,8-9,15H,1-3,7,10-13H2,(H,20,23). The highest BCUT2D eigenvalue weighted by molar-refractivity contribution is 6.21. The van der Waals surface area contributed by atoms with E-state index in [0.717, 1.165) is 24.2 Å². The number of amides is 4. The van der Waals surface area contributed by atoms with Gasteiger partial charge in [0.1, 0.15) is 0 Å². The van der Waals surface area contributed by atoms with E-state index in [-0.39, 0.29) is 24.8 Å². The molecule has 6 heteroatoms. The van der Waals surface area contributed by atoms with Crippen LogP contribution in [0.4, 0.5) is 4.79 Å². The van der Waals surface area contributed by atoms with Crippen molar-refractivity contribution in [2.45, 2.75) is 38.5 Å². The first-order chi connectivity index (χ1) is 12.1. The topological polar surface area (TPSA) is 78.8 Å².